The summed E-state index contributed by atoms with van der Waals surface area (Å²) in [6.07, 6.45) is 3.24. The van der Waals surface area contributed by atoms with Crippen LogP contribution in [0.1, 0.15) is 21.6 Å². The molecule has 7 heteroatoms. The fourth-order valence-corrected chi connectivity index (χ4v) is 2.26. The maximum Gasteiger partial charge on any atom is 0.307 e. The molecule has 25 heavy (non-hydrogen) atoms. The zero-order chi connectivity index (χ0) is 17.6. The summed E-state index contributed by atoms with van der Waals surface area (Å²) in [5.41, 5.74) is 2.55. The summed E-state index contributed by atoms with van der Waals surface area (Å²) in [5, 5.41) is 15.3. The van der Waals surface area contributed by atoms with Crippen LogP contribution in [0.25, 0.3) is 11.3 Å². The van der Waals surface area contributed by atoms with E-state index in [1.54, 1.807) is 54.9 Å². The average Bonchev–Trinajstić information content (AvgIpc) is 3.11. The van der Waals surface area contributed by atoms with Crippen LogP contribution in [-0.4, -0.2) is 27.1 Å². The quantitative estimate of drug-likeness (QED) is 0.715. The molecular weight excluding hydrogens is 322 g/mol. The number of hydrogen-bond donors (Lipinski definition) is 2. The minimum Gasteiger partial charge on any atom is -0.481 e. The summed E-state index contributed by atoms with van der Waals surface area (Å²) >= 11 is 0. The first-order valence-corrected chi connectivity index (χ1v) is 7.57. The predicted molar refractivity (Wildman–Crippen MR) is 88.7 cm³/mol. The molecule has 2 N–H and O–H groups in total. The minimum atomic E-state index is -0.878. The molecule has 0 bridgehead atoms. The van der Waals surface area contributed by atoms with Crippen LogP contribution in [0.3, 0.4) is 0 Å². The van der Waals surface area contributed by atoms with Gasteiger partial charge in [-0.1, -0.05) is 29.4 Å². The van der Waals surface area contributed by atoms with E-state index in [0.29, 0.717) is 17.9 Å². The third kappa shape index (κ3) is 4.29. The summed E-state index contributed by atoms with van der Waals surface area (Å²) in [6, 6.07) is 12.1. The lowest BCUT2D eigenvalue weighted by molar-refractivity contribution is -0.136. The van der Waals surface area contributed by atoms with E-state index in [4.69, 9.17) is 9.63 Å². The second-order valence-corrected chi connectivity index (χ2v) is 5.38. The number of benzene rings is 1. The van der Waals surface area contributed by atoms with E-state index < -0.39 is 5.97 Å². The number of nitrogens with one attached hydrogen (secondary N) is 1. The number of aromatic nitrogens is 2. The van der Waals surface area contributed by atoms with E-state index in [9.17, 15) is 9.59 Å². The fraction of sp³-hybridized carbons (Fsp3) is 0.111. The van der Waals surface area contributed by atoms with Gasteiger partial charge in [-0.15, -0.1) is 0 Å². The molecule has 0 radical (unpaired) electrons. The van der Waals surface area contributed by atoms with Crippen molar-refractivity contribution in [2.24, 2.45) is 0 Å². The monoisotopic (exact) mass is 337 g/mol. The molecule has 0 aliphatic carbocycles. The van der Waals surface area contributed by atoms with Crippen LogP contribution in [0, 0.1) is 0 Å². The third-order valence-corrected chi connectivity index (χ3v) is 3.54. The van der Waals surface area contributed by atoms with Gasteiger partial charge in [0, 0.05) is 30.6 Å². The van der Waals surface area contributed by atoms with Crippen LogP contribution in [-0.2, 0) is 17.8 Å². The topological polar surface area (TPSA) is 105 Å². The van der Waals surface area contributed by atoms with Gasteiger partial charge in [0.15, 0.2) is 11.5 Å². The number of carboxylic acids is 1. The van der Waals surface area contributed by atoms with Gasteiger partial charge in [-0.2, -0.15) is 0 Å². The molecule has 0 spiro atoms. The van der Waals surface area contributed by atoms with Crippen molar-refractivity contribution in [2.45, 2.75) is 13.0 Å². The maximum absolute atomic E-state index is 12.2. The van der Waals surface area contributed by atoms with E-state index >= 15 is 0 Å². The van der Waals surface area contributed by atoms with Crippen molar-refractivity contribution in [2.75, 3.05) is 0 Å². The Kier molecular flexibility index (Phi) is 4.84. The molecule has 0 unspecified atom stereocenters. The molecule has 2 aromatic heterocycles. The molecule has 0 saturated heterocycles. The highest BCUT2D eigenvalue weighted by Gasteiger charge is 2.13. The van der Waals surface area contributed by atoms with Crippen LogP contribution >= 0.6 is 0 Å². The predicted octanol–water partition coefficient (Wildman–Crippen LogP) is 2.29. The summed E-state index contributed by atoms with van der Waals surface area (Å²) in [4.78, 5) is 26.7. The Bertz CT molecular complexity index is 873. The highest BCUT2D eigenvalue weighted by Crippen LogP contribution is 2.19. The number of nitrogens with zero attached hydrogens (tertiary/aromatic N) is 2. The lowest BCUT2D eigenvalue weighted by Gasteiger charge is -2.04. The number of hydrogen-bond acceptors (Lipinski definition) is 5. The van der Waals surface area contributed by atoms with Crippen molar-refractivity contribution in [3.8, 4) is 11.3 Å². The molecule has 0 saturated carbocycles. The van der Waals surface area contributed by atoms with E-state index in [0.717, 1.165) is 11.1 Å². The molecule has 0 aliphatic rings. The van der Waals surface area contributed by atoms with Crippen LogP contribution in [0.2, 0.25) is 0 Å². The van der Waals surface area contributed by atoms with Crippen molar-refractivity contribution < 1.29 is 19.2 Å². The van der Waals surface area contributed by atoms with Gasteiger partial charge in [0.25, 0.3) is 5.91 Å². The van der Waals surface area contributed by atoms with Crippen molar-refractivity contribution in [1.82, 2.24) is 15.5 Å². The van der Waals surface area contributed by atoms with E-state index in [1.807, 2.05) is 0 Å². The number of amides is 1. The Morgan fingerprint density at radius 2 is 1.72 bits per heavy atom. The van der Waals surface area contributed by atoms with Crippen molar-refractivity contribution in [3.63, 3.8) is 0 Å². The van der Waals surface area contributed by atoms with Crippen LogP contribution < -0.4 is 5.32 Å². The molecule has 3 rings (SSSR count). The molecule has 7 nitrogen and oxygen atoms in total. The first-order valence-electron chi connectivity index (χ1n) is 7.57. The maximum atomic E-state index is 12.2. The lowest BCUT2D eigenvalue weighted by atomic mass is 10.1. The normalized spacial score (nSPS) is 10.4. The SMILES string of the molecule is O=C(O)Cc1ccc(CNC(=O)c2cc(-c3ccncc3)on2)cc1. The molecule has 2 heterocycles. The molecule has 0 fully saturated rings. The number of carbonyl (C=O) groups excluding carboxylic acids is 1. The van der Waals surface area contributed by atoms with Crippen molar-refractivity contribution in [1.29, 1.82) is 0 Å². The van der Waals surface area contributed by atoms with E-state index in [-0.39, 0.29) is 18.0 Å². The second-order valence-electron chi connectivity index (χ2n) is 5.38. The molecule has 3 aromatic rings. The minimum absolute atomic E-state index is 0.0244. The Morgan fingerprint density at radius 3 is 2.40 bits per heavy atom. The first-order chi connectivity index (χ1) is 12.1. The standard InChI is InChI=1S/C18H15N3O4/c22-17(23)9-12-1-3-13(4-2-12)11-20-18(24)15-10-16(25-21-15)14-5-7-19-8-6-14/h1-8,10H,9,11H2,(H,20,24)(H,22,23). The molecule has 126 valence electrons. The van der Waals surface area contributed by atoms with Gasteiger partial charge in [0.2, 0.25) is 0 Å². The Morgan fingerprint density at radius 1 is 1.04 bits per heavy atom. The Labute approximate surface area is 143 Å². The van der Waals surface area contributed by atoms with Gasteiger partial charge >= 0.3 is 5.97 Å². The number of aliphatic carboxylic acids is 1. The molecule has 0 aliphatic heterocycles. The summed E-state index contributed by atoms with van der Waals surface area (Å²) < 4.78 is 5.18. The van der Waals surface area contributed by atoms with Gasteiger partial charge in [-0.3, -0.25) is 14.6 Å². The number of rotatable bonds is 6. The van der Waals surface area contributed by atoms with E-state index in [2.05, 4.69) is 15.5 Å². The summed E-state index contributed by atoms with van der Waals surface area (Å²) in [6.45, 7) is 0.309. The first kappa shape index (κ1) is 16.4. The van der Waals surface area contributed by atoms with Crippen LogP contribution in [0.4, 0.5) is 0 Å². The number of pyridine rings is 1. The summed E-state index contributed by atoms with van der Waals surface area (Å²) in [7, 11) is 0. The second kappa shape index (κ2) is 7.39. The Balaban J connectivity index is 1.59. The van der Waals surface area contributed by atoms with Gasteiger partial charge in [0.05, 0.1) is 6.42 Å². The molecule has 1 amide bonds. The number of carboxylic acid groups (broad SMARTS) is 1. The van der Waals surface area contributed by atoms with Crippen molar-refractivity contribution >= 4 is 11.9 Å². The summed E-state index contributed by atoms with van der Waals surface area (Å²) in [5.74, 6) is -0.735. The smallest absolute Gasteiger partial charge is 0.307 e. The van der Waals surface area contributed by atoms with Crippen LogP contribution in [0.5, 0.6) is 0 Å². The van der Waals surface area contributed by atoms with Gasteiger partial charge in [-0.05, 0) is 23.3 Å². The van der Waals surface area contributed by atoms with Gasteiger partial charge < -0.3 is 14.9 Å². The largest absolute Gasteiger partial charge is 0.481 e. The van der Waals surface area contributed by atoms with Gasteiger partial charge in [-0.25, -0.2) is 0 Å². The third-order valence-electron chi connectivity index (χ3n) is 3.54. The highest BCUT2D eigenvalue weighted by atomic mass is 16.5. The molecule has 0 atom stereocenters. The van der Waals surface area contributed by atoms with E-state index in [1.165, 1.54) is 0 Å². The zero-order valence-electron chi connectivity index (χ0n) is 13.2. The van der Waals surface area contributed by atoms with Gasteiger partial charge in [0.1, 0.15) is 0 Å². The Hall–Kier alpha value is -3.48. The fourth-order valence-electron chi connectivity index (χ4n) is 2.26. The van der Waals surface area contributed by atoms with Crippen LogP contribution in [0.15, 0.2) is 59.4 Å². The number of carbonyl (C=O) groups is 2. The highest BCUT2D eigenvalue weighted by molar-refractivity contribution is 5.93. The van der Waals surface area contributed by atoms with Crippen molar-refractivity contribution in [3.05, 3.63) is 71.7 Å². The zero-order valence-corrected chi connectivity index (χ0v) is 13.2. The molecule has 1 aromatic carbocycles. The average molecular weight is 337 g/mol. The lowest BCUT2D eigenvalue weighted by Crippen LogP contribution is -2.23. The molecular formula is C18H15N3O4.